The Hall–Kier alpha value is -3.84. The summed E-state index contributed by atoms with van der Waals surface area (Å²) in [4.78, 5) is 28.5. The predicted molar refractivity (Wildman–Crippen MR) is 128 cm³/mol. The first-order valence-electron chi connectivity index (χ1n) is 11.1. The molecule has 0 unspecified atom stereocenters. The van der Waals surface area contributed by atoms with Gasteiger partial charge in [0.05, 0.1) is 24.4 Å². The summed E-state index contributed by atoms with van der Waals surface area (Å²) in [5.74, 6) is 0.531. The molecule has 0 aliphatic carbocycles. The molecular weight excluding hydrogens is 414 g/mol. The van der Waals surface area contributed by atoms with E-state index >= 15 is 0 Å². The molecule has 1 fully saturated rings. The number of ether oxygens (including phenoxy) is 1. The molecular formula is C26H25N5O2. The minimum atomic E-state index is -0.0909. The van der Waals surface area contributed by atoms with Gasteiger partial charge in [0.15, 0.2) is 0 Å². The van der Waals surface area contributed by atoms with Gasteiger partial charge < -0.3 is 15.4 Å². The molecule has 0 saturated carbocycles. The number of fused-ring (bicyclic) bond motifs is 1. The molecule has 1 saturated heterocycles. The minimum Gasteiger partial charge on any atom is -0.384 e. The van der Waals surface area contributed by atoms with Crippen molar-refractivity contribution in [2.75, 3.05) is 32.0 Å². The molecule has 7 nitrogen and oxygen atoms in total. The number of benzene rings is 1. The lowest BCUT2D eigenvalue weighted by Gasteiger charge is -2.24. The number of rotatable bonds is 4. The van der Waals surface area contributed by atoms with Crippen molar-refractivity contribution in [2.24, 2.45) is 5.92 Å². The van der Waals surface area contributed by atoms with Crippen LogP contribution in [0.1, 0.15) is 16.1 Å². The summed E-state index contributed by atoms with van der Waals surface area (Å²) >= 11 is 0. The molecule has 0 spiro atoms. The topological polar surface area (TPSA) is 94.2 Å². The molecule has 3 aromatic heterocycles. The Morgan fingerprint density at radius 3 is 2.82 bits per heavy atom. The zero-order chi connectivity index (χ0) is 22.6. The van der Waals surface area contributed by atoms with Crippen LogP contribution in [0.3, 0.4) is 0 Å². The second kappa shape index (κ2) is 9.34. The molecule has 0 radical (unpaired) electrons. The molecule has 7 heteroatoms. The van der Waals surface area contributed by atoms with Gasteiger partial charge in [0.1, 0.15) is 11.5 Å². The number of hydrogen-bond donors (Lipinski definition) is 1. The Bertz CT molecular complexity index is 1270. The number of carbonyl (C=O) groups is 1. The van der Waals surface area contributed by atoms with Gasteiger partial charge in [-0.2, -0.15) is 0 Å². The normalized spacial score (nSPS) is 16.5. The van der Waals surface area contributed by atoms with Crippen LogP contribution in [-0.4, -0.2) is 52.1 Å². The van der Waals surface area contributed by atoms with E-state index in [2.05, 4.69) is 39.2 Å². The number of para-hydroxylation sites is 1. The highest BCUT2D eigenvalue weighted by Gasteiger charge is 2.25. The van der Waals surface area contributed by atoms with Crippen LogP contribution in [0.15, 0.2) is 73.1 Å². The van der Waals surface area contributed by atoms with E-state index in [4.69, 9.17) is 10.5 Å². The number of carbonyl (C=O) groups excluding carboxylic acids is 1. The summed E-state index contributed by atoms with van der Waals surface area (Å²) in [6.45, 7) is 2.27. The largest absolute Gasteiger partial charge is 0.384 e. The second-order valence-corrected chi connectivity index (χ2v) is 8.27. The summed E-state index contributed by atoms with van der Waals surface area (Å²) in [5, 5.41) is 1.12. The van der Waals surface area contributed by atoms with Crippen LogP contribution >= 0.6 is 0 Å². The summed E-state index contributed by atoms with van der Waals surface area (Å²) < 4.78 is 5.86. The van der Waals surface area contributed by atoms with E-state index in [9.17, 15) is 4.79 Å². The number of pyridine rings is 3. The number of anilines is 1. The molecule has 1 aliphatic heterocycles. The quantitative estimate of drug-likeness (QED) is 0.522. The van der Waals surface area contributed by atoms with Crippen molar-refractivity contribution in [1.29, 1.82) is 0 Å². The van der Waals surface area contributed by atoms with Gasteiger partial charge >= 0.3 is 0 Å². The van der Waals surface area contributed by atoms with E-state index in [0.717, 1.165) is 22.9 Å². The van der Waals surface area contributed by atoms with Gasteiger partial charge in [-0.05, 0) is 42.3 Å². The van der Waals surface area contributed by atoms with Gasteiger partial charge in [-0.1, -0.05) is 30.3 Å². The summed E-state index contributed by atoms with van der Waals surface area (Å²) in [5.41, 5.74) is 9.79. The van der Waals surface area contributed by atoms with E-state index in [1.165, 1.54) is 5.56 Å². The van der Waals surface area contributed by atoms with Gasteiger partial charge in [-0.15, -0.1) is 0 Å². The van der Waals surface area contributed by atoms with Crippen molar-refractivity contribution >= 4 is 22.6 Å². The number of hydrogen-bond acceptors (Lipinski definition) is 6. The van der Waals surface area contributed by atoms with Gasteiger partial charge in [-0.3, -0.25) is 9.78 Å². The lowest BCUT2D eigenvalue weighted by molar-refractivity contribution is 0.0731. The van der Waals surface area contributed by atoms with Crippen molar-refractivity contribution in [2.45, 2.75) is 6.42 Å². The minimum absolute atomic E-state index is 0.0909. The zero-order valence-electron chi connectivity index (χ0n) is 18.2. The molecule has 1 atom stereocenters. The third kappa shape index (κ3) is 4.68. The van der Waals surface area contributed by atoms with Crippen molar-refractivity contribution in [1.82, 2.24) is 19.9 Å². The lowest BCUT2D eigenvalue weighted by Crippen LogP contribution is -2.37. The Morgan fingerprint density at radius 1 is 1.06 bits per heavy atom. The van der Waals surface area contributed by atoms with Gasteiger partial charge in [-0.25, -0.2) is 9.97 Å². The molecule has 5 rings (SSSR count). The van der Waals surface area contributed by atoms with Gasteiger partial charge in [0.2, 0.25) is 0 Å². The number of nitrogen functional groups attached to an aromatic ring is 1. The maximum absolute atomic E-state index is 13.4. The highest BCUT2D eigenvalue weighted by Crippen LogP contribution is 2.22. The molecule has 4 aromatic rings. The number of aromatic nitrogens is 3. The van der Waals surface area contributed by atoms with Crippen LogP contribution in [0, 0.1) is 5.92 Å². The van der Waals surface area contributed by atoms with Crippen LogP contribution in [0.5, 0.6) is 0 Å². The average molecular weight is 440 g/mol. The zero-order valence-corrected chi connectivity index (χ0v) is 18.2. The van der Waals surface area contributed by atoms with Crippen molar-refractivity contribution in [3.05, 3.63) is 84.3 Å². The van der Waals surface area contributed by atoms with E-state index in [1.54, 1.807) is 18.3 Å². The van der Waals surface area contributed by atoms with Gasteiger partial charge in [0.25, 0.3) is 5.91 Å². The number of nitrogens with zero attached hydrogens (tertiary/aromatic N) is 4. The molecule has 166 valence electrons. The summed E-state index contributed by atoms with van der Waals surface area (Å²) in [6.07, 6.45) is 4.28. The molecule has 0 bridgehead atoms. The monoisotopic (exact) mass is 439 g/mol. The van der Waals surface area contributed by atoms with Crippen molar-refractivity contribution in [3.8, 4) is 11.3 Å². The first-order chi connectivity index (χ1) is 16.2. The molecule has 2 N–H and O–H groups in total. The SMILES string of the molecule is Nc1ccc(-c2cccc(C(=O)N3CCOC[C@@H](Cc4cccc5cccnc45)C3)n2)cn1. The predicted octanol–water partition coefficient (Wildman–Crippen LogP) is 3.61. The second-order valence-electron chi connectivity index (χ2n) is 8.27. The number of nitrogens with two attached hydrogens (primary N) is 1. The van der Waals surface area contributed by atoms with Crippen LogP contribution < -0.4 is 5.73 Å². The van der Waals surface area contributed by atoms with E-state index in [-0.39, 0.29) is 11.8 Å². The maximum atomic E-state index is 13.4. The molecule has 33 heavy (non-hydrogen) atoms. The van der Waals surface area contributed by atoms with E-state index in [0.29, 0.717) is 43.5 Å². The van der Waals surface area contributed by atoms with E-state index in [1.807, 2.05) is 35.4 Å². The Morgan fingerprint density at radius 2 is 1.94 bits per heavy atom. The fourth-order valence-corrected chi connectivity index (χ4v) is 4.26. The van der Waals surface area contributed by atoms with Gasteiger partial charge in [0, 0.05) is 42.4 Å². The third-order valence-corrected chi connectivity index (χ3v) is 5.90. The molecule has 1 aliphatic rings. The first kappa shape index (κ1) is 21.0. The van der Waals surface area contributed by atoms with Crippen LogP contribution in [0.25, 0.3) is 22.2 Å². The van der Waals surface area contributed by atoms with Crippen molar-refractivity contribution in [3.63, 3.8) is 0 Å². The molecule has 1 amide bonds. The first-order valence-corrected chi connectivity index (χ1v) is 11.1. The summed E-state index contributed by atoms with van der Waals surface area (Å²) in [6, 6.07) is 19.3. The standard InChI is InChI=1S/C26H25N5O2/c27-24-10-9-21(15-29-24)22-7-2-8-23(30-22)26(32)31-12-13-33-17-18(16-31)14-20-5-1-4-19-6-3-11-28-25(19)20/h1-11,15,18H,12-14,16-17H2,(H2,27,29)/t18-/m0/s1. The highest BCUT2D eigenvalue weighted by molar-refractivity contribution is 5.93. The third-order valence-electron chi connectivity index (χ3n) is 5.90. The Labute approximate surface area is 192 Å². The maximum Gasteiger partial charge on any atom is 0.272 e. The van der Waals surface area contributed by atoms with Crippen molar-refractivity contribution < 1.29 is 9.53 Å². The fraction of sp³-hybridized carbons (Fsp3) is 0.231. The average Bonchev–Trinajstić information content (AvgIpc) is 3.10. The highest BCUT2D eigenvalue weighted by atomic mass is 16.5. The fourth-order valence-electron chi connectivity index (χ4n) is 4.26. The molecule has 4 heterocycles. The molecule has 1 aromatic carbocycles. The smallest absolute Gasteiger partial charge is 0.272 e. The van der Waals surface area contributed by atoms with Crippen LogP contribution in [0.4, 0.5) is 5.82 Å². The van der Waals surface area contributed by atoms with Crippen LogP contribution in [-0.2, 0) is 11.2 Å². The van der Waals surface area contributed by atoms with E-state index < -0.39 is 0 Å². The lowest BCUT2D eigenvalue weighted by atomic mass is 9.97. The Balaban J connectivity index is 1.35. The number of amides is 1. The Kier molecular flexibility index (Phi) is 5.95. The summed E-state index contributed by atoms with van der Waals surface area (Å²) in [7, 11) is 0. The van der Waals surface area contributed by atoms with Crippen LogP contribution in [0.2, 0.25) is 0 Å².